The van der Waals surface area contributed by atoms with Gasteiger partial charge < -0.3 is 5.32 Å². The first-order chi connectivity index (χ1) is 9.11. The van der Waals surface area contributed by atoms with Gasteiger partial charge in [-0.15, -0.1) is 0 Å². The van der Waals surface area contributed by atoms with Crippen LogP contribution in [0, 0.1) is 0 Å². The Morgan fingerprint density at radius 1 is 1.42 bits per heavy atom. The first-order valence-corrected chi connectivity index (χ1v) is 8.90. The summed E-state index contributed by atoms with van der Waals surface area (Å²) in [6.45, 7) is 3.86. The van der Waals surface area contributed by atoms with E-state index in [1.165, 1.54) is 24.1 Å². The smallest absolute Gasteiger partial charge is 0.152 e. The summed E-state index contributed by atoms with van der Waals surface area (Å²) in [5.74, 6) is 1.17. The van der Waals surface area contributed by atoms with Crippen LogP contribution in [-0.4, -0.2) is 36.2 Å². The molecule has 2 heterocycles. The predicted molar refractivity (Wildman–Crippen MR) is 73.9 cm³/mol. The summed E-state index contributed by atoms with van der Waals surface area (Å²) >= 11 is 0. The van der Waals surface area contributed by atoms with E-state index in [0.29, 0.717) is 18.1 Å². The summed E-state index contributed by atoms with van der Waals surface area (Å²) in [6, 6.07) is 0.0518. The van der Waals surface area contributed by atoms with Crippen LogP contribution in [0.2, 0.25) is 0 Å². The first kappa shape index (κ1) is 13.1. The highest BCUT2D eigenvalue weighted by molar-refractivity contribution is 7.91. The molecule has 106 valence electrons. The highest BCUT2D eigenvalue weighted by atomic mass is 32.2. The van der Waals surface area contributed by atoms with Gasteiger partial charge in [-0.2, -0.15) is 5.10 Å². The van der Waals surface area contributed by atoms with E-state index in [9.17, 15) is 8.42 Å². The maximum Gasteiger partial charge on any atom is 0.152 e. The predicted octanol–water partition coefficient (Wildman–Crippen LogP) is 1.23. The van der Waals surface area contributed by atoms with Crippen LogP contribution in [0.4, 0.5) is 0 Å². The number of nitrogens with one attached hydrogen (secondary N) is 1. The average Bonchev–Trinajstić information content (AvgIpc) is 3.02. The van der Waals surface area contributed by atoms with Gasteiger partial charge in [0.05, 0.1) is 23.7 Å². The number of aromatic nitrogens is 2. The van der Waals surface area contributed by atoms with Crippen molar-refractivity contribution in [3.05, 3.63) is 17.5 Å². The van der Waals surface area contributed by atoms with Gasteiger partial charge in [0.15, 0.2) is 9.84 Å². The Balaban J connectivity index is 1.87. The number of nitrogens with zero attached hydrogens (tertiary/aromatic N) is 2. The fourth-order valence-electron chi connectivity index (χ4n) is 2.87. The van der Waals surface area contributed by atoms with E-state index in [-0.39, 0.29) is 11.8 Å². The molecule has 0 amide bonds. The van der Waals surface area contributed by atoms with Crippen LogP contribution in [-0.2, 0) is 16.4 Å². The molecule has 3 rings (SSSR count). The summed E-state index contributed by atoms with van der Waals surface area (Å²) in [6.07, 6.45) is 5.06. The van der Waals surface area contributed by atoms with Crippen molar-refractivity contribution >= 4 is 9.84 Å². The van der Waals surface area contributed by atoms with Crippen molar-refractivity contribution in [3.8, 4) is 0 Å². The Bertz CT molecular complexity index is 560. The SMILES string of the molecule is CCNCc1cnn(C2CCS(=O)(=O)C2)c1C1CC1. The van der Waals surface area contributed by atoms with Crippen molar-refractivity contribution in [2.45, 2.75) is 44.7 Å². The molecule has 0 spiro atoms. The second kappa shape index (κ2) is 4.90. The lowest BCUT2D eigenvalue weighted by Gasteiger charge is -2.14. The summed E-state index contributed by atoms with van der Waals surface area (Å²) in [7, 11) is -2.85. The second-order valence-electron chi connectivity index (χ2n) is 5.61. The maximum absolute atomic E-state index is 11.6. The first-order valence-electron chi connectivity index (χ1n) is 7.08. The highest BCUT2D eigenvalue weighted by Crippen LogP contribution is 2.43. The van der Waals surface area contributed by atoms with E-state index >= 15 is 0 Å². The number of sulfone groups is 1. The van der Waals surface area contributed by atoms with E-state index in [1.807, 2.05) is 10.9 Å². The molecule has 0 aromatic carbocycles. The van der Waals surface area contributed by atoms with Gasteiger partial charge in [0.1, 0.15) is 0 Å². The zero-order chi connectivity index (χ0) is 13.5. The molecule has 1 aromatic heterocycles. The third kappa shape index (κ3) is 2.69. The summed E-state index contributed by atoms with van der Waals surface area (Å²) in [5.41, 5.74) is 2.52. The monoisotopic (exact) mass is 283 g/mol. The van der Waals surface area contributed by atoms with Crippen molar-refractivity contribution in [1.82, 2.24) is 15.1 Å². The van der Waals surface area contributed by atoms with Crippen molar-refractivity contribution in [1.29, 1.82) is 0 Å². The minimum Gasteiger partial charge on any atom is -0.313 e. The summed E-state index contributed by atoms with van der Waals surface area (Å²) < 4.78 is 25.3. The Morgan fingerprint density at radius 3 is 2.79 bits per heavy atom. The maximum atomic E-state index is 11.6. The molecular formula is C13H21N3O2S. The van der Waals surface area contributed by atoms with Crippen LogP contribution in [0.5, 0.6) is 0 Å². The van der Waals surface area contributed by atoms with E-state index in [0.717, 1.165) is 13.1 Å². The minimum atomic E-state index is -2.85. The molecular weight excluding hydrogens is 262 g/mol. The largest absolute Gasteiger partial charge is 0.313 e. The normalized spacial score (nSPS) is 25.8. The van der Waals surface area contributed by atoms with Gasteiger partial charge in [0.25, 0.3) is 0 Å². The lowest BCUT2D eigenvalue weighted by atomic mass is 10.1. The van der Waals surface area contributed by atoms with Crippen LogP contribution in [0.3, 0.4) is 0 Å². The van der Waals surface area contributed by atoms with Gasteiger partial charge in [-0.25, -0.2) is 8.42 Å². The van der Waals surface area contributed by atoms with Crippen molar-refractivity contribution < 1.29 is 8.42 Å². The molecule has 2 aliphatic rings. The van der Waals surface area contributed by atoms with Gasteiger partial charge in [-0.3, -0.25) is 4.68 Å². The number of rotatable bonds is 5. The molecule has 6 heteroatoms. The van der Waals surface area contributed by atoms with Crippen LogP contribution in [0.25, 0.3) is 0 Å². The van der Waals surface area contributed by atoms with Crippen LogP contribution in [0.15, 0.2) is 6.20 Å². The zero-order valence-electron chi connectivity index (χ0n) is 11.3. The third-order valence-electron chi connectivity index (χ3n) is 4.00. The summed E-state index contributed by atoms with van der Waals surface area (Å²) in [4.78, 5) is 0. The molecule has 1 saturated carbocycles. The highest BCUT2D eigenvalue weighted by Gasteiger charge is 2.36. The van der Waals surface area contributed by atoms with E-state index < -0.39 is 9.84 Å². The fraction of sp³-hybridized carbons (Fsp3) is 0.769. The van der Waals surface area contributed by atoms with Crippen LogP contribution in [0.1, 0.15) is 49.4 Å². The van der Waals surface area contributed by atoms with Gasteiger partial charge in [-0.05, 0) is 25.8 Å². The Kier molecular flexibility index (Phi) is 3.39. The van der Waals surface area contributed by atoms with Crippen molar-refractivity contribution in [3.63, 3.8) is 0 Å². The van der Waals surface area contributed by atoms with Gasteiger partial charge in [0.2, 0.25) is 0 Å². The van der Waals surface area contributed by atoms with Crippen molar-refractivity contribution in [2.24, 2.45) is 0 Å². The van der Waals surface area contributed by atoms with Gasteiger partial charge >= 0.3 is 0 Å². The third-order valence-corrected chi connectivity index (χ3v) is 5.75. The fourth-order valence-corrected chi connectivity index (χ4v) is 4.56. The minimum absolute atomic E-state index is 0.0518. The van der Waals surface area contributed by atoms with E-state index in [2.05, 4.69) is 17.3 Å². The second-order valence-corrected chi connectivity index (χ2v) is 7.84. The quantitative estimate of drug-likeness (QED) is 0.883. The molecule has 1 atom stereocenters. The molecule has 0 radical (unpaired) electrons. The van der Waals surface area contributed by atoms with Crippen molar-refractivity contribution in [2.75, 3.05) is 18.1 Å². The van der Waals surface area contributed by atoms with E-state index in [4.69, 9.17) is 0 Å². The molecule has 1 N–H and O–H groups in total. The van der Waals surface area contributed by atoms with Crippen LogP contribution >= 0.6 is 0 Å². The lowest BCUT2D eigenvalue weighted by Crippen LogP contribution is -2.17. The Hall–Kier alpha value is -0.880. The number of hydrogen-bond donors (Lipinski definition) is 1. The molecule has 19 heavy (non-hydrogen) atoms. The lowest BCUT2D eigenvalue weighted by molar-refractivity contribution is 0.479. The van der Waals surface area contributed by atoms with Gasteiger partial charge in [0, 0.05) is 23.7 Å². The standard InChI is InChI=1S/C13H21N3O2S/c1-2-14-7-11-8-15-16(13(11)10-3-4-10)12-5-6-19(17,18)9-12/h8,10,12,14H,2-7,9H2,1H3. The zero-order valence-corrected chi connectivity index (χ0v) is 12.1. The molecule has 1 aliphatic carbocycles. The molecule has 5 nitrogen and oxygen atoms in total. The molecule has 0 bridgehead atoms. The summed E-state index contributed by atoms with van der Waals surface area (Å²) in [5, 5.41) is 7.83. The molecule has 1 saturated heterocycles. The van der Waals surface area contributed by atoms with Crippen LogP contribution < -0.4 is 5.32 Å². The van der Waals surface area contributed by atoms with E-state index in [1.54, 1.807) is 0 Å². The molecule has 1 unspecified atom stereocenters. The average molecular weight is 283 g/mol. The van der Waals surface area contributed by atoms with Gasteiger partial charge in [-0.1, -0.05) is 6.92 Å². The molecule has 1 aliphatic heterocycles. The topological polar surface area (TPSA) is 64.0 Å². The molecule has 1 aromatic rings. The Morgan fingerprint density at radius 2 is 2.21 bits per heavy atom. The molecule has 2 fully saturated rings. The Labute approximate surface area is 114 Å². The number of hydrogen-bond acceptors (Lipinski definition) is 4.